The van der Waals surface area contributed by atoms with E-state index in [1.54, 1.807) is 12.1 Å². The number of hydrogen-bond donors (Lipinski definition) is 2. The second-order valence-corrected chi connectivity index (χ2v) is 8.60. The molecule has 1 aliphatic rings. The summed E-state index contributed by atoms with van der Waals surface area (Å²) in [6, 6.07) is 12.2. The van der Waals surface area contributed by atoms with Crippen LogP contribution < -0.4 is 11.1 Å². The number of thioether (sulfide) groups is 1. The Kier molecular flexibility index (Phi) is 4.61. The number of carbonyl (C=O) groups is 1. The molecule has 3 aromatic rings. The van der Waals surface area contributed by atoms with Gasteiger partial charge < -0.3 is 11.1 Å². The number of nitrogens with two attached hydrogens (primary N) is 1. The maximum Gasteiger partial charge on any atom is 0.284 e. The number of carbonyl (C=O) groups excluding carboxylic acids is 1. The molecule has 5 nitrogen and oxygen atoms in total. The van der Waals surface area contributed by atoms with Gasteiger partial charge in [-0.2, -0.15) is 0 Å². The minimum absolute atomic E-state index is 0.116. The number of amidine groups is 1. The van der Waals surface area contributed by atoms with Crippen molar-refractivity contribution in [3.05, 3.63) is 58.9 Å². The molecule has 138 valence electrons. The number of amides is 1. The topological polar surface area (TPSA) is 80.4 Å². The Labute approximate surface area is 163 Å². The number of hydrogen-bond acceptors (Lipinski definition) is 6. The number of aliphatic imine (C=N–C) groups is 1. The third-order valence-corrected chi connectivity index (χ3v) is 6.35. The number of para-hydroxylation sites is 1. The molecule has 0 radical (unpaired) electrons. The van der Waals surface area contributed by atoms with Crippen molar-refractivity contribution < 1.29 is 9.18 Å². The van der Waals surface area contributed by atoms with Crippen molar-refractivity contribution in [3.63, 3.8) is 0 Å². The molecule has 1 unspecified atom stereocenters. The second-order valence-electron chi connectivity index (χ2n) is 6.46. The number of fused-ring (bicyclic) bond motifs is 1. The summed E-state index contributed by atoms with van der Waals surface area (Å²) in [5, 5.41) is 3.46. The Morgan fingerprint density at radius 3 is 2.89 bits per heavy atom. The van der Waals surface area contributed by atoms with Crippen LogP contribution in [0.5, 0.6) is 0 Å². The van der Waals surface area contributed by atoms with Crippen LogP contribution in [0.3, 0.4) is 0 Å². The highest BCUT2D eigenvalue weighted by Crippen LogP contribution is 2.36. The fourth-order valence-corrected chi connectivity index (χ4v) is 4.83. The Bertz CT molecular complexity index is 1030. The van der Waals surface area contributed by atoms with Crippen molar-refractivity contribution in [2.75, 3.05) is 11.1 Å². The van der Waals surface area contributed by atoms with Crippen LogP contribution in [0.4, 0.5) is 10.1 Å². The number of benzene rings is 2. The van der Waals surface area contributed by atoms with Gasteiger partial charge in [-0.15, -0.1) is 11.3 Å². The molecule has 8 heteroatoms. The highest BCUT2D eigenvalue weighted by atomic mass is 32.2. The Balaban J connectivity index is 1.63. The molecule has 0 fully saturated rings. The lowest BCUT2D eigenvalue weighted by Gasteiger charge is -2.30. The van der Waals surface area contributed by atoms with Gasteiger partial charge in [0.1, 0.15) is 5.82 Å². The van der Waals surface area contributed by atoms with Gasteiger partial charge in [0.2, 0.25) is 0 Å². The first-order chi connectivity index (χ1) is 12.9. The minimum atomic E-state index is -0.529. The molecule has 0 saturated carbocycles. The van der Waals surface area contributed by atoms with E-state index in [-0.39, 0.29) is 5.69 Å². The number of halogens is 1. The largest absolute Gasteiger partial charge is 0.379 e. The lowest BCUT2D eigenvalue weighted by atomic mass is 9.89. The van der Waals surface area contributed by atoms with Crippen LogP contribution in [0, 0.1) is 5.82 Å². The summed E-state index contributed by atoms with van der Waals surface area (Å²) in [4.78, 5) is 21.4. The smallest absolute Gasteiger partial charge is 0.284 e. The zero-order chi connectivity index (χ0) is 19.0. The monoisotopic (exact) mass is 400 g/mol. The van der Waals surface area contributed by atoms with E-state index in [9.17, 15) is 9.18 Å². The number of rotatable bonds is 3. The summed E-state index contributed by atoms with van der Waals surface area (Å²) in [6.07, 6.45) is 0.787. The maximum atomic E-state index is 14.3. The Morgan fingerprint density at radius 1 is 1.30 bits per heavy atom. The van der Waals surface area contributed by atoms with Crippen molar-refractivity contribution >= 4 is 50.1 Å². The predicted octanol–water partition coefficient (Wildman–Crippen LogP) is 4.35. The molecule has 2 aromatic carbocycles. The molecule has 1 aliphatic heterocycles. The summed E-state index contributed by atoms with van der Waals surface area (Å²) >= 11 is 2.78. The average Bonchev–Trinajstić information content (AvgIpc) is 3.07. The van der Waals surface area contributed by atoms with Crippen molar-refractivity contribution in [3.8, 4) is 0 Å². The third-order valence-electron chi connectivity index (χ3n) is 4.52. The number of aromatic nitrogens is 1. The van der Waals surface area contributed by atoms with E-state index in [0.29, 0.717) is 10.2 Å². The summed E-state index contributed by atoms with van der Waals surface area (Å²) in [5.74, 6) is -0.0880. The molecule has 0 bridgehead atoms. The van der Waals surface area contributed by atoms with Gasteiger partial charge in [0, 0.05) is 5.75 Å². The molecule has 4 rings (SSSR count). The van der Waals surface area contributed by atoms with E-state index < -0.39 is 17.3 Å². The van der Waals surface area contributed by atoms with Gasteiger partial charge in [-0.3, -0.25) is 9.79 Å². The molecule has 3 N–H and O–H groups in total. The maximum absolute atomic E-state index is 14.3. The van der Waals surface area contributed by atoms with Crippen LogP contribution in [0.2, 0.25) is 0 Å². The van der Waals surface area contributed by atoms with Crippen molar-refractivity contribution in [2.45, 2.75) is 18.9 Å². The molecular weight excluding hydrogens is 383 g/mol. The number of thiazole rings is 1. The lowest BCUT2D eigenvalue weighted by Crippen LogP contribution is -2.29. The molecule has 1 aromatic heterocycles. The first kappa shape index (κ1) is 17.9. The van der Waals surface area contributed by atoms with Crippen LogP contribution in [0.1, 0.15) is 28.7 Å². The molecule has 0 aliphatic carbocycles. The summed E-state index contributed by atoms with van der Waals surface area (Å²) in [5.41, 5.74) is 7.02. The SMILES string of the molecule is CC1(c2ccc(F)c(NC(=O)c3nc4ccccc4s3)c2)CCSC(N)=N1. The van der Waals surface area contributed by atoms with Gasteiger partial charge in [0.25, 0.3) is 5.91 Å². The van der Waals surface area contributed by atoms with Gasteiger partial charge in [0.05, 0.1) is 21.4 Å². The van der Waals surface area contributed by atoms with Gasteiger partial charge in [-0.25, -0.2) is 9.37 Å². The summed E-state index contributed by atoms with van der Waals surface area (Å²) in [7, 11) is 0. The fourth-order valence-electron chi connectivity index (χ4n) is 3.00. The van der Waals surface area contributed by atoms with Crippen LogP contribution in [-0.4, -0.2) is 21.8 Å². The lowest BCUT2D eigenvalue weighted by molar-refractivity contribution is 0.102. The molecule has 2 heterocycles. The number of nitrogens with zero attached hydrogens (tertiary/aromatic N) is 2. The first-order valence-corrected chi connectivity index (χ1v) is 10.2. The van der Waals surface area contributed by atoms with E-state index in [2.05, 4.69) is 15.3 Å². The molecule has 1 atom stereocenters. The predicted molar refractivity (Wildman–Crippen MR) is 110 cm³/mol. The van der Waals surface area contributed by atoms with Crippen molar-refractivity contribution in [1.29, 1.82) is 0 Å². The van der Waals surface area contributed by atoms with Crippen LogP contribution >= 0.6 is 23.1 Å². The fraction of sp³-hybridized carbons (Fsp3) is 0.211. The van der Waals surface area contributed by atoms with Gasteiger partial charge in [-0.1, -0.05) is 30.0 Å². The van der Waals surface area contributed by atoms with Crippen molar-refractivity contribution in [2.24, 2.45) is 10.7 Å². The quantitative estimate of drug-likeness (QED) is 0.685. The first-order valence-electron chi connectivity index (χ1n) is 8.40. The number of anilines is 1. The molecule has 27 heavy (non-hydrogen) atoms. The molecule has 0 spiro atoms. The minimum Gasteiger partial charge on any atom is -0.379 e. The van der Waals surface area contributed by atoms with E-state index >= 15 is 0 Å². The Hall–Kier alpha value is -2.45. The molecule has 1 amide bonds. The van der Waals surface area contributed by atoms with E-state index in [1.165, 1.54) is 29.2 Å². The normalized spacial score (nSPS) is 19.7. The summed E-state index contributed by atoms with van der Waals surface area (Å²) < 4.78 is 15.2. The van der Waals surface area contributed by atoms with Gasteiger partial charge in [0.15, 0.2) is 10.2 Å². The van der Waals surface area contributed by atoms with Crippen LogP contribution in [0.25, 0.3) is 10.2 Å². The Morgan fingerprint density at radius 2 is 2.11 bits per heavy atom. The van der Waals surface area contributed by atoms with Crippen LogP contribution in [-0.2, 0) is 5.54 Å². The standard InChI is InChI=1S/C19H17FN4OS2/c1-19(8-9-26-18(21)24-19)11-6-7-12(20)14(10-11)22-16(25)17-23-13-4-2-3-5-15(13)27-17/h2-7,10H,8-9H2,1H3,(H2,21,24)(H,22,25). The average molecular weight is 401 g/mol. The number of nitrogens with one attached hydrogen (secondary N) is 1. The van der Waals surface area contributed by atoms with E-state index in [0.717, 1.165) is 28.0 Å². The zero-order valence-electron chi connectivity index (χ0n) is 14.5. The van der Waals surface area contributed by atoms with Crippen molar-refractivity contribution in [1.82, 2.24) is 4.98 Å². The third kappa shape index (κ3) is 3.54. The van der Waals surface area contributed by atoms with Gasteiger partial charge in [-0.05, 0) is 43.2 Å². The highest BCUT2D eigenvalue weighted by molar-refractivity contribution is 8.13. The van der Waals surface area contributed by atoms with Crippen LogP contribution in [0.15, 0.2) is 47.5 Å². The second kappa shape index (κ2) is 6.94. The highest BCUT2D eigenvalue weighted by Gasteiger charge is 2.30. The molecular formula is C19H17FN4OS2. The van der Waals surface area contributed by atoms with E-state index in [1.807, 2.05) is 31.2 Å². The molecule has 0 saturated heterocycles. The summed E-state index contributed by atoms with van der Waals surface area (Å²) in [6.45, 7) is 1.96. The zero-order valence-corrected chi connectivity index (χ0v) is 16.2. The van der Waals surface area contributed by atoms with E-state index in [4.69, 9.17) is 5.73 Å². The van der Waals surface area contributed by atoms with Gasteiger partial charge >= 0.3 is 0 Å².